The van der Waals surface area contributed by atoms with Crippen LogP contribution in [-0.2, 0) is 4.79 Å². The van der Waals surface area contributed by atoms with Crippen LogP contribution in [0.15, 0.2) is 93.3 Å². The molecular weight excluding hydrogens is 412 g/mol. The van der Waals surface area contributed by atoms with E-state index in [2.05, 4.69) is 28.6 Å². The number of rotatable bonds is 3. The van der Waals surface area contributed by atoms with Gasteiger partial charge in [0.15, 0.2) is 5.17 Å². The van der Waals surface area contributed by atoms with Gasteiger partial charge < -0.3 is 4.90 Å². The van der Waals surface area contributed by atoms with Crippen molar-refractivity contribution >= 4 is 56.9 Å². The van der Waals surface area contributed by atoms with Crippen LogP contribution >= 0.6 is 23.5 Å². The Labute approximate surface area is 183 Å². The van der Waals surface area contributed by atoms with E-state index in [9.17, 15) is 4.79 Å². The number of para-hydroxylation sites is 1. The molecule has 1 aromatic heterocycles. The number of amidine groups is 1. The largest absolute Gasteiger partial charge is 0.337 e. The van der Waals surface area contributed by atoms with Gasteiger partial charge in [-0.15, -0.1) is 6.58 Å². The molecule has 148 valence electrons. The number of hydrogen-bond acceptors (Lipinski definition) is 6. The summed E-state index contributed by atoms with van der Waals surface area (Å²) in [5, 5.41) is 2.62. The van der Waals surface area contributed by atoms with Crippen LogP contribution in [-0.4, -0.2) is 34.6 Å². The predicted octanol–water partition coefficient (Wildman–Crippen LogP) is 5.39. The van der Waals surface area contributed by atoms with Crippen LogP contribution in [0.2, 0.25) is 0 Å². The average Bonchev–Trinajstić information content (AvgIpc) is 3.26. The third-order valence-corrected chi connectivity index (χ3v) is 7.35. The molecule has 0 radical (unpaired) electrons. The summed E-state index contributed by atoms with van der Waals surface area (Å²) >= 11 is 3.04. The number of benzene rings is 2. The molecule has 3 heterocycles. The van der Waals surface area contributed by atoms with E-state index in [1.54, 1.807) is 28.9 Å². The lowest BCUT2D eigenvalue weighted by Crippen LogP contribution is -2.29. The van der Waals surface area contributed by atoms with Crippen molar-refractivity contribution in [3.8, 4) is 0 Å². The molecule has 2 aliphatic heterocycles. The fourth-order valence-corrected chi connectivity index (χ4v) is 5.80. The van der Waals surface area contributed by atoms with E-state index in [4.69, 9.17) is 4.99 Å². The second kappa shape index (κ2) is 7.66. The monoisotopic (exact) mass is 430 g/mol. The first-order valence-electron chi connectivity index (χ1n) is 9.44. The molecule has 7 heteroatoms. The minimum Gasteiger partial charge on any atom is -0.337 e. The maximum Gasteiger partial charge on any atom is 0.269 e. The smallest absolute Gasteiger partial charge is 0.269 e. The zero-order valence-electron chi connectivity index (χ0n) is 16.3. The summed E-state index contributed by atoms with van der Waals surface area (Å²) < 4.78 is 0. The standard InChI is InChI=1S/C23H18N4OS2/c1-3-13-27-21(28)20(22-26(2)18-8-4-5-9-19(18)29-22)30-23(27)25-16-10-11-17-15(14-16)7-6-12-24-17/h3-12,14H,1,13H2,2H3/b22-20-,25-23?. The molecule has 2 aromatic carbocycles. The third kappa shape index (κ3) is 3.20. The van der Waals surface area contributed by atoms with Crippen molar-refractivity contribution in [3.63, 3.8) is 0 Å². The SMILES string of the molecule is C=CCN1C(=O)/C(=C2/Sc3ccccc3N2C)SC1=Nc1ccc2ncccc2c1. The number of aromatic nitrogens is 1. The molecule has 1 amide bonds. The van der Waals surface area contributed by atoms with E-state index in [1.165, 1.54) is 11.8 Å². The zero-order chi connectivity index (χ0) is 20.7. The molecule has 0 atom stereocenters. The number of thioether (sulfide) groups is 2. The Kier molecular flexibility index (Phi) is 4.84. The van der Waals surface area contributed by atoms with Gasteiger partial charge in [0.25, 0.3) is 5.91 Å². The lowest BCUT2D eigenvalue weighted by molar-refractivity contribution is -0.121. The Balaban J connectivity index is 1.55. The van der Waals surface area contributed by atoms with Crippen molar-refractivity contribution in [2.75, 3.05) is 18.5 Å². The Bertz CT molecular complexity index is 1250. The first-order chi connectivity index (χ1) is 14.7. The highest BCUT2D eigenvalue weighted by Gasteiger charge is 2.38. The molecule has 0 unspecified atom stereocenters. The fraction of sp³-hybridized carbons (Fsp3) is 0.0870. The lowest BCUT2D eigenvalue weighted by atomic mass is 10.2. The second-order valence-electron chi connectivity index (χ2n) is 6.84. The van der Waals surface area contributed by atoms with Crippen LogP contribution in [0.3, 0.4) is 0 Å². The molecule has 5 nitrogen and oxygen atoms in total. The molecule has 1 fully saturated rings. The molecule has 0 aliphatic carbocycles. The van der Waals surface area contributed by atoms with Crippen molar-refractivity contribution in [3.05, 3.63) is 83.4 Å². The maximum atomic E-state index is 13.3. The highest BCUT2D eigenvalue weighted by molar-refractivity contribution is 8.19. The van der Waals surface area contributed by atoms with Gasteiger partial charge in [-0.05, 0) is 48.2 Å². The number of nitrogens with zero attached hydrogens (tertiary/aromatic N) is 4. The van der Waals surface area contributed by atoms with Crippen LogP contribution in [0.1, 0.15) is 0 Å². The summed E-state index contributed by atoms with van der Waals surface area (Å²) in [5.41, 5.74) is 2.83. The Hall–Kier alpha value is -3.03. The van der Waals surface area contributed by atoms with Crippen molar-refractivity contribution in [2.24, 2.45) is 4.99 Å². The maximum absolute atomic E-state index is 13.3. The van der Waals surface area contributed by atoms with Crippen LogP contribution in [0, 0.1) is 0 Å². The molecule has 2 aliphatic rings. The quantitative estimate of drug-likeness (QED) is 0.412. The third-order valence-electron chi connectivity index (χ3n) is 4.92. The number of amides is 1. The molecule has 5 rings (SSSR count). The molecule has 0 bridgehead atoms. The molecule has 0 N–H and O–H groups in total. The van der Waals surface area contributed by atoms with Crippen LogP contribution in [0.5, 0.6) is 0 Å². The summed E-state index contributed by atoms with van der Waals surface area (Å²) in [7, 11) is 2.00. The number of aliphatic imine (C=N–C) groups is 1. The van der Waals surface area contributed by atoms with Crippen LogP contribution in [0.4, 0.5) is 11.4 Å². The minimum atomic E-state index is -0.0386. The average molecular weight is 431 g/mol. The highest BCUT2D eigenvalue weighted by atomic mass is 32.2. The Morgan fingerprint density at radius 1 is 1.13 bits per heavy atom. The molecule has 0 saturated carbocycles. The van der Waals surface area contributed by atoms with Crippen molar-refractivity contribution in [2.45, 2.75) is 4.90 Å². The van der Waals surface area contributed by atoms with Gasteiger partial charge in [-0.2, -0.15) is 0 Å². The van der Waals surface area contributed by atoms with Crippen LogP contribution < -0.4 is 4.90 Å². The first kappa shape index (κ1) is 19.0. The van der Waals surface area contributed by atoms with Crippen LogP contribution in [0.25, 0.3) is 10.9 Å². The second-order valence-corrected chi connectivity index (χ2v) is 8.85. The lowest BCUT2D eigenvalue weighted by Gasteiger charge is -2.15. The first-order valence-corrected chi connectivity index (χ1v) is 11.1. The van der Waals surface area contributed by atoms with Gasteiger partial charge in [-0.1, -0.05) is 36.0 Å². The van der Waals surface area contributed by atoms with E-state index in [0.717, 1.165) is 32.2 Å². The van der Waals surface area contributed by atoms with E-state index >= 15 is 0 Å². The Morgan fingerprint density at radius 2 is 2.00 bits per heavy atom. The summed E-state index contributed by atoms with van der Waals surface area (Å²) in [5.74, 6) is -0.0386. The number of hydrogen-bond donors (Lipinski definition) is 0. The van der Waals surface area contributed by atoms with Crippen molar-refractivity contribution in [1.29, 1.82) is 0 Å². The number of pyridine rings is 1. The van der Waals surface area contributed by atoms with E-state index in [-0.39, 0.29) is 5.91 Å². The van der Waals surface area contributed by atoms with E-state index in [0.29, 0.717) is 16.6 Å². The topological polar surface area (TPSA) is 48.8 Å². The normalized spacial score (nSPS) is 19.8. The fourth-order valence-electron chi connectivity index (χ4n) is 3.45. The van der Waals surface area contributed by atoms with Gasteiger partial charge in [0.05, 0.1) is 21.9 Å². The van der Waals surface area contributed by atoms with Gasteiger partial charge in [0.1, 0.15) is 4.91 Å². The molecular formula is C23H18N4OS2. The van der Waals surface area contributed by atoms with Gasteiger partial charge >= 0.3 is 0 Å². The summed E-state index contributed by atoms with van der Waals surface area (Å²) in [4.78, 5) is 28.0. The number of carbonyl (C=O) groups excluding carboxylic acids is 1. The number of fused-ring (bicyclic) bond motifs is 2. The minimum absolute atomic E-state index is 0.0386. The summed E-state index contributed by atoms with van der Waals surface area (Å²) in [6, 6.07) is 18.0. The van der Waals surface area contributed by atoms with Gasteiger partial charge in [0, 0.05) is 30.1 Å². The van der Waals surface area contributed by atoms with Crippen molar-refractivity contribution < 1.29 is 4.79 Å². The van der Waals surface area contributed by atoms with Gasteiger partial charge in [-0.25, -0.2) is 4.99 Å². The zero-order valence-corrected chi connectivity index (χ0v) is 17.9. The molecule has 1 saturated heterocycles. The molecule has 0 spiro atoms. The molecule has 3 aromatic rings. The molecule has 30 heavy (non-hydrogen) atoms. The van der Waals surface area contributed by atoms with Gasteiger partial charge in [0.2, 0.25) is 0 Å². The summed E-state index contributed by atoms with van der Waals surface area (Å²) in [6.45, 7) is 4.23. The van der Waals surface area contributed by atoms with E-state index < -0.39 is 0 Å². The van der Waals surface area contributed by atoms with E-state index in [1.807, 2.05) is 49.5 Å². The number of anilines is 1. The Morgan fingerprint density at radius 3 is 2.83 bits per heavy atom. The summed E-state index contributed by atoms with van der Waals surface area (Å²) in [6.07, 6.45) is 3.50. The van der Waals surface area contributed by atoms with Gasteiger partial charge in [-0.3, -0.25) is 14.7 Å². The number of carbonyl (C=O) groups is 1. The van der Waals surface area contributed by atoms with Crippen molar-refractivity contribution in [1.82, 2.24) is 9.88 Å². The predicted molar refractivity (Wildman–Crippen MR) is 126 cm³/mol. The highest BCUT2D eigenvalue weighted by Crippen LogP contribution is 2.49.